The van der Waals surface area contributed by atoms with Crippen LogP contribution >= 0.6 is 0 Å². The Morgan fingerprint density at radius 2 is 2.05 bits per heavy atom. The molecule has 0 aromatic heterocycles. The van der Waals surface area contributed by atoms with E-state index < -0.39 is 0 Å². The molecule has 1 fully saturated rings. The van der Waals surface area contributed by atoms with Gasteiger partial charge in [0.25, 0.3) is 0 Å². The Morgan fingerprint density at radius 3 is 2.63 bits per heavy atom. The maximum absolute atomic E-state index is 12.3. The predicted octanol–water partition coefficient (Wildman–Crippen LogP) is 2.57. The molecular formula is C16H24N2O. The lowest BCUT2D eigenvalue weighted by atomic mass is 10.1. The fourth-order valence-electron chi connectivity index (χ4n) is 2.11. The molecule has 0 heterocycles. The molecule has 3 heteroatoms. The Kier molecular flexibility index (Phi) is 4.97. The molecule has 1 aromatic carbocycles. The zero-order chi connectivity index (χ0) is 13.7. The van der Waals surface area contributed by atoms with Crippen molar-refractivity contribution in [2.75, 3.05) is 6.54 Å². The average Bonchev–Trinajstić information content (AvgIpc) is 3.26. The summed E-state index contributed by atoms with van der Waals surface area (Å²) in [5.74, 6) is 0.213. The van der Waals surface area contributed by atoms with Crippen LogP contribution in [-0.4, -0.2) is 29.4 Å². The lowest BCUT2D eigenvalue weighted by molar-refractivity contribution is -0.133. The van der Waals surface area contributed by atoms with Crippen molar-refractivity contribution in [2.45, 2.75) is 51.7 Å². The second-order valence-corrected chi connectivity index (χ2v) is 5.42. The van der Waals surface area contributed by atoms with Crippen molar-refractivity contribution in [1.82, 2.24) is 10.2 Å². The molecule has 1 aromatic rings. The Hall–Kier alpha value is -1.35. The van der Waals surface area contributed by atoms with E-state index in [4.69, 9.17) is 0 Å². The van der Waals surface area contributed by atoms with Crippen molar-refractivity contribution in [3.63, 3.8) is 0 Å². The van der Waals surface area contributed by atoms with Crippen LogP contribution < -0.4 is 5.32 Å². The summed E-state index contributed by atoms with van der Waals surface area (Å²) in [6, 6.07) is 11.1. The Morgan fingerprint density at radius 1 is 1.37 bits per heavy atom. The highest BCUT2D eigenvalue weighted by Gasteiger charge is 2.24. The van der Waals surface area contributed by atoms with Gasteiger partial charge in [-0.2, -0.15) is 0 Å². The fourth-order valence-corrected chi connectivity index (χ4v) is 2.11. The van der Waals surface area contributed by atoms with Gasteiger partial charge in [-0.25, -0.2) is 0 Å². The molecule has 1 aliphatic rings. The zero-order valence-corrected chi connectivity index (χ0v) is 11.9. The first kappa shape index (κ1) is 14.1. The van der Waals surface area contributed by atoms with Crippen LogP contribution in [0.2, 0.25) is 0 Å². The summed E-state index contributed by atoms with van der Waals surface area (Å²) in [7, 11) is 0. The van der Waals surface area contributed by atoms with Crippen LogP contribution in [0.25, 0.3) is 0 Å². The van der Waals surface area contributed by atoms with E-state index in [1.165, 1.54) is 18.4 Å². The van der Waals surface area contributed by atoms with E-state index in [1.807, 2.05) is 23.1 Å². The summed E-state index contributed by atoms with van der Waals surface area (Å²) in [6.07, 6.45) is 3.42. The summed E-state index contributed by atoms with van der Waals surface area (Å²) >= 11 is 0. The zero-order valence-electron chi connectivity index (χ0n) is 11.9. The van der Waals surface area contributed by atoms with Crippen molar-refractivity contribution < 1.29 is 4.79 Å². The van der Waals surface area contributed by atoms with E-state index in [0.29, 0.717) is 19.1 Å². The molecule has 0 aliphatic heterocycles. The summed E-state index contributed by atoms with van der Waals surface area (Å²) < 4.78 is 0. The topological polar surface area (TPSA) is 32.3 Å². The van der Waals surface area contributed by atoms with Gasteiger partial charge >= 0.3 is 0 Å². The molecule has 1 aliphatic carbocycles. The summed E-state index contributed by atoms with van der Waals surface area (Å²) in [5, 5.41) is 3.31. The number of nitrogens with zero attached hydrogens (tertiary/aromatic N) is 1. The normalized spacial score (nSPS) is 16.1. The number of carbonyl (C=O) groups is 1. The molecule has 0 bridgehead atoms. The average molecular weight is 260 g/mol. The Balaban J connectivity index is 1.95. The number of nitrogens with one attached hydrogen (secondary N) is 1. The largest absolute Gasteiger partial charge is 0.335 e. The van der Waals surface area contributed by atoms with Gasteiger partial charge in [0.05, 0.1) is 6.54 Å². The third-order valence-electron chi connectivity index (χ3n) is 3.76. The highest BCUT2D eigenvalue weighted by atomic mass is 16.2. The van der Waals surface area contributed by atoms with E-state index in [2.05, 4.69) is 31.3 Å². The molecule has 1 saturated carbocycles. The van der Waals surface area contributed by atoms with E-state index in [1.54, 1.807) is 0 Å². The molecule has 3 nitrogen and oxygen atoms in total. The second kappa shape index (κ2) is 6.71. The first-order valence-corrected chi connectivity index (χ1v) is 7.27. The van der Waals surface area contributed by atoms with Crippen LogP contribution in [0.3, 0.4) is 0 Å². The first-order valence-electron chi connectivity index (χ1n) is 7.27. The van der Waals surface area contributed by atoms with Crippen molar-refractivity contribution in [3.05, 3.63) is 35.9 Å². The highest BCUT2D eigenvalue weighted by Crippen LogP contribution is 2.18. The standard InChI is InChI=1S/C16H24N2O/c1-3-13(2)18(12-14-7-5-4-6-8-14)16(19)11-17-15-9-10-15/h4-8,13,15,17H,3,9-12H2,1-2H3. The molecular weight excluding hydrogens is 236 g/mol. The van der Waals surface area contributed by atoms with Crippen molar-refractivity contribution in [2.24, 2.45) is 0 Å². The van der Waals surface area contributed by atoms with Crippen molar-refractivity contribution >= 4 is 5.91 Å². The molecule has 2 rings (SSSR count). The minimum absolute atomic E-state index is 0.213. The Labute approximate surface area is 116 Å². The van der Waals surface area contributed by atoms with E-state index in [9.17, 15) is 4.79 Å². The van der Waals surface area contributed by atoms with Gasteiger partial charge in [-0.05, 0) is 31.7 Å². The van der Waals surface area contributed by atoms with Gasteiger partial charge in [0, 0.05) is 18.6 Å². The third kappa shape index (κ3) is 4.35. The van der Waals surface area contributed by atoms with Gasteiger partial charge in [-0.15, -0.1) is 0 Å². The number of amides is 1. The molecule has 1 atom stereocenters. The Bertz CT molecular complexity index is 400. The minimum atomic E-state index is 0.213. The summed E-state index contributed by atoms with van der Waals surface area (Å²) in [4.78, 5) is 14.3. The SMILES string of the molecule is CCC(C)N(Cc1ccccc1)C(=O)CNC1CC1. The summed E-state index contributed by atoms with van der Waals surface area (Å²) in [5.41, 5.74) is 1.20. The number of rotatable bonds is 7. The maximum atomic E-state index is 12.3. The van der Waals surface area contributed by atoms with Gasteiger partial charge in [-0.3, -0.25) is 4.79 Å². The van der Waals surface area contributed by atoms with Crippen LogP contribution in [0.15, 0.2) is 30.3 Å². The lowest BCUT2D eigenvalue weighted by Gasteiger charge is -2.29. The molecule has 1 amide bonds. The molecule has 1 unspecified atom stereocenters. The second-order valence-electron chi connectivity index (χ2n) is 5.42. The molecule has 1 N–H and O–H groups in total. The number of benzene rings is 1. The van der Waals surface area contributed by atoms with E-state index in [-0.39, 0.29) is 11.9 Å². The van der Waals surface area contributed by atoms with E-state index in [0.717, 1.165) is 6.42 Å². The van der Waals surface area contributed by atoms with Gasteiger partial charge in [0.15, 0.2) is 0 Å². The maximum Gasteiger partial charge on any atom is 0.237 e. The predicted molar refractivity (Wildman–Crippen MR) is 77.8 cm³/mol. The third-order valence-corrected chi connectivity index (χ3v) is 3.76. The fraction of sp³-hybridized carbons (Fsp3) is 0.562. The quantitative estimate of drug-likeness (QED) is 0.817. The molecule has 0 radical (unpaired) electrons. The molecule has 0 spiro atoms. The van der Waals surface area contributed by atoms with Crippen LogP contribution in [0.1, 0.15) is 38.7 Å². The number of carbonyl (C=O) groups excluding carboxylic acids is 1. The van der Waals surface area contributed by atoms with Crippen molar-refractivity contribution in [1.29, 1.82) is 0 Å². The van der Waals surface area contributed by atoms with Gasteiger partial charge in [0.1, 0.15) is 0 Å². The summed E-state index contributed by atoms with van der Waals surface area (Å²) in [6.45, 7) is 5.44. The number of hydrogen-bond acceptors (Lipinski definition) is 2. The van der Waals surface area contributed by atoms with Crippen LogP contribution in [0.5, 0.6) is 0 Å². The van der Waals surface area contributed by atoms with Crippen LogP contribution in [0.4, 0.5) is 0 Å². The first-order chi connectivity index (χ1) is 9.20. The minimum Gasteiger partial charge on any atom is -0.335 e. The van der Waals surface area contributed by atoms with Crippen LogP contribution in [-0.2, 0) is 11.3 Å². The van der Waals surface area contributed by atoms with Gasteiger partial charge in [0.2, 0.25) is 5.91 Å². The highest BCUT2D eigenvalue weighted by molar-refractivity contribution is 5.78. The van der Waals surface area contributed by atoms with Gasteiger partial charge in [-0.1, -0.05) is 37.3 Å². The number of hydrogen-bond donors (Lipinski definition) is 1. The molecule has 0 saturated heterocycles. The van der Waals surface area contributed by atoms with E-state index >= 15 is 0 Å². The molecule has 19 heavy (non-hydrogen) atoms. The lowest BCUT2D eigenvalue weighted by Crippen LogP contribution is -2.43. The van der Waals surface area contributed by atoms with Crippen molar-refractivity contribution in [3.8, 4) is 0 Å². The molecule has 104 valence electrons. The monoisotopic (exact) mass is 260 g/mol. The van der Waals surface area contributed by atoms with Gasteiger partial charge < -0.3 is 10.2 Å². The van der Waals surface area contributed by atoms with Crippen LogP contribution in [0, 0.1) is 0 Å². The smallest absolute Gasteiger partial charge is 0.237 e.